The van der Waals surface area contributed by atoms with Crippen LogP contribution in [0.4, 0.5) is 0 Å². The zero-order valence-corrected chi connectivity index (χ0v) is 11.7. The van der Waals surface area contributed by atoms with Crippen molar-refractivity contribution in [3.63, 3.8) is 0 Å². The van der Waals surface area contributed by atoms with Gasteiger partial charge in [-0.25, -0.2) is 0 Å². The largest absolute Gasteiger partial charge is 0.343 e. The van der Waals surface area contributed by atoms with Crippen molar-refractivity contribution in [2.24, 2.45) is 0 Å². The third kappa shape index (κ3) is 1.98. The molecule has 0 saturated heterocycles. The van der Waals surface area contributed by atoms with E-state index in [0.29, 0.717) is 0 Å². The molecular formula is C18H16N2. The van der Waals surface area contributed by atoms with Crippen molar-refractivity contribution in [3.8, 4) is 6.07 Å². The van der Waals surface area contributed by atoms with Gasteiger partial charge in [0, 0.05) is 23.6 Å². The number of benzene rings is 2. The third-order valence-electron chi connectivity index (χ3n) is 3.91. The van der Waals surface area contributed by atoms with E-state index >= 15 is 0 Å². The molecular weight excluding hydrogens is 244 g/mol. The van der Waals surface area contributed by atoms with Crippen LogP contribution in [0.2, 0.25) is 0 Å². The Balaban J connectivity index is 2.11. The highest BCUT2D eigenvalue weighted by molar-refractivity contribution is 5.86. The molecule has 1 aromatic heterocycles. The molecule has 0 atom stereocenters. The van der Waals surface area contributed by atoms with Crippen molar-refractivity contribution in [2.75, 3.05) is 0 Å². The summed E-state index contributed by atoms with van der Waals surface area (Å²) in [6.07, 6.45) is 2.07. The van der Waals surface area contributed by atoms with Crippen LogP contribution in [-0.2, 0) is 6.54 Å². The number of nitriles is 1. The SMILES string of the molecule is Cc1cccc(C)c1Cn1ccc2c(C#N)cccc21. The molecule has 0 radical (unpaired) electrons. The zero-order valence-electron chi connectivity index (χ0n) is 11.7. The smallest absolute Gasteiger partial charge is 0.0998 e. The maximum Gasteiger partial charge on any atom is 0.0998 e. The summed E-state index contributed by atoms with van der Waals surface area (Å²) in [6, 6.07) is 16.6. The highest BCUT2D eigenvalue weighted by Gasteiger charge is 2.08. The average molecular weight is 260 g/mol. The minimum Gasteiger partial charge on any atom is -0.343 e. The topological polar surface area (TPSA) is 28.7 Å². The molecule has 0 amide bonds. The Morgan fingerprint density at radius 1 is 1.00 bits per heavy atom. The van der Waals surface area contributed by atoms with Crippen molar-refractivity contribution >= 4 is 10.9 Å². The molecule has 2 aromatic carbocycles. The minimum atomic E-state index is 0.739. The van der Waals surface area contributed by atoms with Gasteiger partial charge in [0.25, 0.3) is 0 Å². The summed E-state index contributed by atoms with van der Waals surface area (Å²) in [6.45, 7) is 5.14. The quantitative estimate of drug-likeness (QED) is 0.679. The molecule has 0 saturated carbocycles. The lowest BCUT2D eigenvalue weighted by atomic mass is 10.0. The maximum absolute atomic E-state index is 9.16. The lowest BCUT2D eigenvalue weighted by Crippen LogP contribution is -2.02. The van der Waals surface area contributed by atoms with Crippen LogP contribution in [0.1, 0.15) is 22.3 Å². The summed E-state index contributed by atoms with van der Waals surface area (Å²) >= 11 is 0. The molecule has 0 spiro atoms. The van der Waals surface area contributed by atoms with Crippen LogP contribution < -0.4 is 0 Å². The first-order chi connectivity index (χ1) is 9.70. The van der Waals surface area contributed by atoms with Crippen LogP contribution in [0.15, 0.2) is 48.7 Å². The van der Waals surface area contributed by atoms with E-state index in [1.165, 1.54) is 16.7 Å². The van der Waals surface area contributed by atoms with Crippen molar-refractivity contribution in [2.45, 2.75) is 20.4 Å². The second-order valence-corrected chi connectivity index (χ2v) is 5.16. The third-order valence-corrected chi connectivity index (χ3v) is 3.91. The Morgan fingerprint density at radius 2 is 1.70 bits per heavy atom. The summed E-state index contributed by atoms with van der Waals surface area (Å²) in [4.78, 5) is 0. The monoisotopic (exact) mass is 260 g/mol. The molecule has 3 aromatic rings. The van der Waals surface area contributed by atoms with Crippen LogP contribution in [0.3, 0.4) is 0 Å². The van der Waals surface area contributed by atoms with Crippen LogP contribution in [0, 0.1) is 25.2 Å². The Morgan fingerprint density at radius 3 is 2.40 bits per heavy atom. The van der Waals surface area contributed by atoms with Crippen molar-refractivity contribution in [3.05, 3.63) is 70.9 Å². The average Bonchev–Trinajstić information content (AvgIpc) is 2.86. The molecule has 1 heterocycles. The molecule has 0 N–H and O–H groups in total. The molecule has 3 rings (SSSR count). The van der Waals surface area contributed by atoms with E-state index in [0.717, 1.165) is 23.0 Å². The number of aromatic nitrogens is 1. The molecule has 2 heteroatoms. The van der Waals surface area contributed by atoms with Gasteiger partial charge in [-0.05, 0) is 48.7 Å². The minimum absolute atomic E-state index is 0.739. The maximum atomic E-state index is 9.16. The van der Waals surface area contributed by atoms with E-state index in [2.05, 4.69) is 54.9 Å². The van der Waals surface area contributed by atoms with Gasteiger partial charge in [0.1, 0.15) is 0 Å². The van der Waals surface area contributed by atoms with Gasteiger partial charge in [0.05, 0.1) is 11.6 Å². The van der Waals surface area contributed by atoms with Crippen LogP contribution in [-0.4, -0.2) is 4.57 Å². The number of fused-ring (bicyclic) bond motifs is 1. The number of hydrogen-bond acceptors (Lipinski definition) is 1. The summed E-state index contributed by atoms with van der Waals surface area (Å²) < 4.78 is 2.21. The number of hydrogen-bond donors (Lipinski definition) is 0. The lowest BCUT2D eigenvalue weighted by Gasteiger charge is -2.12. The van der Waals surface area contributed by atoms with Gasteiger partial charge in [0.2, 0.25) is 0 Å². The molecule has 2 nitrogen and oxygen atoms in total. The fourth-order valence-corrected chi connectivity index (χ4v) is 2.73. The molecule has 0 unspecified atom stereocenters. The summed E-state index contributed by atoms with van der Waals surface area (Å²) in [7, 11) is 0. The number of nitrogens with zero attached hydrogens (tertiary/aromatic N) is 2. The Kier molecular flexibility index (Phi) is 3.04. The van der Waals surface area contributed by atoms with E-state index in [-0.39, 0.29) is 0 Å². The fraction of sp³-hybridized carbons (Fsp3) is 0.167. The Labute approximate surface area is 118 Å². The highest BCUT2D eigenvalue weighted by atomic mass is 14.9. The van der Waals surface area contributed by atoms with E-state index in [1.807, 2.05) is 18.2 Å². The van der Waals surface area contributed by atoms with Gasteiger partial charge in [-0.2, -0.15) is 5.26 Å². The van der Waals surface area contributed by atoms with E-state index in [4.69, 9.17) is 5.26 Å². The van der Waals surface area contributed by atoms with E-state index in [9.17, 15) is 0 Å². The fourth-order valence-electron chi connectivity index (χ4n) is 2.73. The predicted octanol–water partition coefficient (Wildman–Crippen LogP) is 4.18. The standard InChI is InChI=1S/C18H16N2/c1-13-5-3-6-14(2)17(13)12-20-10-9-16-15(11-19)7-4-8-18(16)20/h3-10H,12H2,1-2H3. The van der Waals surface area contributed by atoms with Gasteiger partial charge in [-0.3, -0.25) is 0 Å². The van der Waals surface area contributed by atoms with Gasteiger partial charge in [-0.15, -0.1) is 0 Å². The van der Waals surface area contributed by atoms with E-state index < -0.39 is 0 Å². The number of rotatable bonds is 2. The van der Waals surface area contributed by atoms with Crippen LogP contribution in [0.25, 0.3) is 10.9 Å². The molecule has 0 fully saturated rings. The molecule has 98 valence electrons. The first kappa shape index (κ1) is 12.5. The number of aryl methyl sites for hydroxylation is 2. The summed E-state index contributed by atoms with van der Waals surface area (Å²) in [5, 5.41) is 10.2. The zero-order chi connectivity index (χ0) is 14.1. The van der Waals surface area contributed by atoms with Crippen molar-refractivity contribution in [1.29, 1.82) is 5.26 Å². The predicted molar refractivity (Wildman–Crippen MR) is 81.7 cm³/mol. The molecule has 0 aliphatic rings. The van der Waals surface area contributed by atoms with Gasteiger partial charge in [0.15, 0.2) is 0 Å². The van der Waals surface area contributed by atoms with Gasteiger partial charge >= 0.3 is 0 Å². The van der Waals surface area contributed by atoms with Crippen LogP contribution >= 0.6 is 0 Å². The highest BCUT2D eigenvalue weighted by Crippen LogP contribution is 2.22. The Bertz CT molecular complexity index is 799. The second kappa shape index (κ2) is 4.86. The van der Waals surface area contributed by atoms with Crippen molar-refractivity contribution < 1.29 is 0 Å². The first-order valence-corrected chi connectivity index (χ1v) is 6.74. The first-order valence-electron chi connectivity index (χ1n) is 6.74. The Hall–Kier alpha value is -2.53. The molecule has 0 aliphatic carbocycles. The molecule has 0 aliphatic heterocycles. The summed E-state index contributed by atoms with van der Waals surface area (Å²) in [5.74, 6) is 0. The lowest BCUT2D eigenvalue weighted by molar-refractivity contribution is 0.823. The van der Waals surface area contributed by atoms with Crippen LogP contribution in [0.5, 0.6) is 0 Å². The van der Waals surface area contributed by atoms with Gasteiger partial charge in [-0.1, -0.05) is 24.3 Å². The normalized spacial score (nSPS) is 10.7. The molecule has 0 bridgehead atoms. The van der Waals surface area contributed by atoms with E-state index in [1.54, 1.807) is 0 Å². The molecule has 20 heavy (non-hydrogen) atoms. The van der Waals surface area contributed by atoms with Crippen molar-refractivity contribution in [1.82, 2.24) is 4.57 Å². The van der Waals surface area contributed by atoms with Gasteiger partial charge < -0.3 is 4.57 Å². The summed E-state index contributed by atoms with van der Waals surface area (Å²) in [5.41, 5.74) is 5.83. The second-order valence-electron chi connectivity index (χ2n) is 5.16.